The van der Waals surface area contributed by atoms with Gasteiger partial charge in [-0.15, -0.1) is 0 Å². The number of halogens is 3. The lowest BCUT2D eigenvalue weighted by Crippen LogP contribution is -2.56. The molecule has 0 unspecified atom stereocenters. The lowest BCUT2D eigenvalue weighted by Gasteiger charge is -2.35. The lowest BCUT2D eigenvalue weighted by atomic mass is 10.3. The van der Waals surface area contributed by atoms with E-state index >= 15 is 0 Å². The Morgan fingerprint density at radius 2 is 0.645 bits per heavy atom. The van der Waals surface area contributed by atoms with Gasteiger partial charge in [0.1, 0.15) is 0 Å². The molecule has 0 radical (unpaired) electrons. The van der Waals surface area contributed by atoms with Gasteiger partial charge in [0.25, 0.3) is 0 Å². The summed E-state index contributed by atoms with van der Waals surface area (Å²) >= 11 is 9.75. The molecule has 156 valence electrons. The summed E-state index contributed by atoms with van der Waals surface area (Å²) in [7, 11) is -2.92. The molecule has 0 N–H and O–H groups in total. The Morgan fingerprint density at radius 3 is 0.774 bits per heavy atom. The first-order chi connectivity index (χ1) is 14.7. The summed E-state index contributed by atoms with van der Waals surface area (Å²) in [6.07, 6.45) is 0. The highest BCUT2D eigenvalue weighted by atomic mass is 79.9. The molecule has 0 aliphatic heterocycles. The van der Waals surface area contributed by atoms with Gasteiger partial charge < -0.3 is 15.1 Å². The first-order valence-corrected chi connectivity index (χ1v) is 10.4. The Balaban J connectivity index is 0.000000402. The minimum atomic E-state index is -2.92. The van der Waals surface area contributed by atoms with E-state index in [4.69, 9.17) is 31.3 Å². The van der Waals surface area contributed by atoms with Crippen LogP contribution in [0.15, 0.2) is 86.2 Å². The Morgan fingerprint density at radius 1 is 0.484 bits per heavy atom. The van der Waals surface area contributed by atoms with Crippen LogP contribution >= 0.6 is 47.8 Å². The summed E-state index contributed by atoms with van der Waals surface area (Å²) in [5.74, 6) is 0. The van der Waals surface area contributed by atoms with Gasteiger partial charge in [0.2, 0.25) is 16.2 Å². The van der Waals surface area contributed by atoms with Crippen LogP contribution in [0.25, 0.3) is 14.9 Å². The van der Waals surface area contributed by atoms with Crippen molar-refractivity contribution in [1.82, 2.24) is 0 Å². The van der Waals surface area contributed by atoms with Crippen molar-refractivity contribution in [3.63, 3.8) is 0 Å². The molecule has 3 rings (SSSR count). The van der Waals surface area contributed by atoms with Crippen molar-refractivity contribution in [2.24, 2.45) is 0 Å². The highest BCUT2D eigenvalue weighted by Gasteiger charge is 2.00. The average Bonchev–Trinajstić information content (AvgIpc) is 2.76. The molecule has 3 aromatic rings. The zero-order valence-corrected chi connectivity index (χ0v) is 20.3. The molecule has 13 heteroatoms. The van der Waals surface area contributed by atoms with Gasteiger partial charge in [-0.3, -0.25) is 7.32 Å². The van der Waals surface area contributed by atoms with Crippen molar-refractivity contribution < 1.29 is 15.1 Å². The maximum Gasteiger partial charge on any atom is 0.385 e. The SMILES string of the molecule is N#[N+]c1ccc(Br)cc1.N#[N+]c1ccc(Br)cc1.N#[N+]c1ccc(Br)cc1.[O-]B([O-])[O-]. The highest BCUT2D eigenvalue weighted by molar-refractivity contribution is 9.11. The molecule has 9 nitrogen and oxygen atoms in total. The van der Waals surface area contributed by atoms with E-state index in [1.807, 2.05) is 36.4 Å². The Bertz CT molecular complexity index is 897. The third kappa shape index (κ3) is 15.8. The first-order valence-electron chi connectivity index (χ1n) is 8.01. The fourth-order valence-corrected chi connectivity index (χ4v) is 2.32. The van der Waals surface area contributed by atoms with Gasteiger partial charge in [-0.2, -0.15) is 0 Å². The second-order valence-electron chi connectivity index (χ2n) is 5.02. The van der Waals surface area contributed by atoms with Gasteiger partial charge in [-0.1, -0.05) is 47.8 Å². The smallest absolute Gasteiger partial charge is 0.385 e. The Hall–Kier alpha value is -2.70. The molecular formula is C18H12BBr3N6O3. The van der Waals surface area contributed by atoms with E-state index < -0.39 is 7.32 Å². The van der Waals surface area contributed by atoms with Gasteiger partial charge in [0.15, 0.2) is 14.9 Å². The summed E-state index contributed by atoms with van der Waals surface area (Å²) in [6.45, 7) is 0. The molecule has 0 fully saturated rings. The Labute approximate surface area is 203 Å². The van der Waals surface area contributed by atoms with E-state index in [9.17, 15) is 0 Å². The summed E-state index contributed by atoms with van der Waals surface area (Å²) in [5.41, 5.74) is 1.70. The van der Waals surface area contributed by atoms with Crippen LogP contribution in [0.1, 0.15) is 0 Å². The van der Waals surface area contributed by atoms with Gasteiger partial charge in [-0.25, -0.2) is 0 Å². The second kappa shape index (κ2) is 17.0. The zero-order valence-electron chi connectivity index (χ0n) is 15.5. The molecule has 0 bridgehead atoms. The van der Waals surface area contributed by atoms with Crippen molar-refractivity contribution >= 4 is 72.2 Å². The third-order valence-electron chi connectivity index (χ3n) is 2.83. The first kappa shape index (κ1) is 28.3. The van der Waals surface area contributed by atoms with Gasteiger partial charge in [-0.05, 0) is 36.4 Å². The standard InChI is InChI=1S/3C6H4BrN2.BO3/c3*7-5-1-3-6(9-8)4-2-5;2-1(3)4/h3*1-4H;/q3*+1;-3. The fourth-order valence-electron chi connectivity index (χ4n) is 1.52. The predicted molar refractivity (Wildman–Crippen MR) is 122 cm³/mol. The number of hydrogen-bond donors (Lipinski definition) is 0. The van der Waals surface area contributed by atoms with Gasteiger partial charge in [0.05, 0.1) is 0 Å². The van der Waals surface area contributed by atoms with Crippen molar-refractivity contribution in [2.45, 2.75) is 0 Å². The van der Waals surface area contributed by atoms with Crippen LogP contribution in [0.2, 0.25) is 0 Å². The van der Waals surface area contributed by atoms with E-state index in [1.165, 1.54) is 0 Å². The van der Waals surface area contributed by atoms with E-state index in [1.54, 1.807) is 36.4 Å². The third-order valence-corrected chi connectivity index (χ3v) is 4.41. The molecule has 0 aliphatic rings. The predicted octanol–water partition coefficient (Wildman–Crippen LogP) is 4.85. The largest absolute Gasteiger partial charge is 0.907 e. The molecule has 0 saturated heterocycles. The number of nitrogens with zero attached hydrogens (tertiary/aromatic N) is 6. The molecule has 0 heterocycles. The van der Waals surface area contributed by atoms with E-state index in [0.29, 0.717) is 17.1 Å². The molecule has 0 spiro atoms. The van der Waals surface area contributed by atoms with Gasteiger partial charge in [0, 0.05) is 49.8 Å². The summed E-state index contributed by atoms with van der Waals surface area (Å²) in [4.78, 5) is 8.97. The minimum Gasteiger partial charge on any atom is -0.907 e. The van der Waals surface area contributed by atoms with Gasteiger partial charge >= 0.3 is 17.1 Å². The summed E-state index contributed by atoms with van der Waals surface area (Å²) in [6, 6.07) is 21.2. The molecule has 0 saturated carbocycles. The van der Waals surface area contributed by atoms with E-state index in [2.05, 4.69) is 62.7 Å². The van der Waals surface area contributed by atoms with Crippen molar-refractivity contribution in [3.05, 3.63) is 101 Å². The molecule has 0 amide bonds. The molecule has 3 aromatic carbocycles. The molecule has 0 aliphatic carbocycles. The monoisotopic (exact) mass is 608 g/mol. The minimum absolute atomic E-state index is 0.568. The highest BCUT2D eigenvalue weighted by Crippen LogP contribution is 2.17. The van der Waals surface area contributed by atoms with Crippen molar-refractivity contribution in [1.29, 1.82) is 16.2 Å². The van der Waals surface area contributed by atoms with Crippen molar-refractivity contribution in [3.8, 4) is 0 Å². The summed E-state index contributed by atoms with van der Waals surface area (Å²) in [5, 5.41) is 50.0. The van der Waals surface area contributed by atoms with Crippen LogP contribution in [-0.2, 0) is 0 Å². The number of hydrogen-bond acceptors (Lipinski definition) is 6. The van der Waals surface area contributed by atoms with Crippen LogP contribution in [-0.4, -0.2) is 7.32 Å². The van der Waals surface area contributed by atoms with Crippen LogP contribution in [0.4, 0.5) is 17.1 Å². The quantitative estimate of drug-likeness (QED) is 0.262. The maximum atomic E-state index is 8.42. The molecule has 0 aromatic heterocycles. The van der Waals surface area contributed by atoms with Crippen LogP contribution in [0.5, 0.6) is 0 Å². The number of rotatable bonds is 0. The lowest BCUT2D eigenvalue weighted by molar-refractivity contribution is -0.479. The van der Waals surface area contributed by atoms with Crippen LogP contribution in [0, 0.1) is 16.2 Å². The van der Waals surface area contributed by atoms with E-state index in [-0.39, 0.29) is 0 Å². The number of benzene rings is 3. The molecule has 0 atom stereocenters. The van der Waals surface area contributed by atoms with Crippen LogP contribution in [0.3, 0.4) is 0 Å². The Kier molecular flexibility index (Phi) is 15.6. The molecular weight excluding hydrogens is 599 g/mol. The fraction of sp³-hybridized carbons (Fsp3) is 0. The average molecular weight is 611 g/mol. The zero-order chi connectivity index (χ0) is 23.6. The number of diazo groups is 3. The topological polar surface area (TPSA) is 154 Å². The van der Waals surface area contributed by atoms with E-state index in [0.717, 1.165) is 13.4 Å². The molecule has 31 heavy (non-hydrogen) atoms. The summed E-state index contributed by atoms with van der Waals surface area (Å²) < 4.78 is 2.94. The maximum absolute atomic E-state index is 8.42. The van der Waals surface area contributed by atoms with Crippen molar-refractivity contribution in [2.75, 3.05) is 0 Å². The van der Waals surface area contributed by atoms with Crippen LogP contribution < -0.4 is 15.1 Å². The second-order valence-corrected chi connectivity index (χ2v) is 7.76. The normalized spacial score (nSPS) is 8.23.